The van der Waals surface area contributed by atoms with E-state index >= 15 is 0 Å². The Morgan fingerprint density at radius 3 is 2.54 bits per heavy atom. The Kier molecular flexibility index (Phi) is 3.74. The smallest absolute Gasteiger partial charge is 0.262 e. The van der Waals surface area contributed by atoms with Gasteiger partial charge in [0.05, 0.1) is 16.6 Å². The van der Waals surface area contributed by atoms with E-state index in [0.29, 0.717) is 21.2 Å². The standard InChI is InChI=1S/C18H11NO5S2/c20-17(21)10-4-1-2-7-13(10)19-26(23,24)15-9-8-14-16-11(15)5-3-6-12(16)18(22)25-14/h1-9,19H,(H,20,21)/p-1. The van der Waals surface area contributed by atoms with E-state index in [1.54, 1.807) is 24.3 Å². The number of carbonyl (C=O) groups excluding carboxylic acids is 2. The third kappa shape index (κ3) is 2.54. The van der Waals surface area contributed by atoms with Crippen LogP contribution in [-0.2, 0) is 10.0 Å². The van der Waals surface area contributed by atoms with E-state index in [0.717, 1.165) is 11.8 Å². The first-order chi connectivity index (χ1) is 12.4. The summed E-state index contributed by atoms with van der Waals surface area (Å²) in [5.41, 5.74) is 0.128. The zero-order chi connectivity index (χ0) is 18.5. The summed E-state index contributed by atoms with van der Waals surface area (Å²) < 4.78 is 28.1. The molecule has 0 unspecified atom stereocenters. The van der Waals surface area contributed by atoms with Crippen molar-refractivity contribution in [1.82, 2.24) is 0 Å². The maximum Gasteiger partial charge on any atom is 0.262 e. The quantitative estimate of drug-likeness (QED) is 0.740. The normalized spacial score (nSPS) is 13.2. The number of rotatable bonds is 4. The summed E-state index contributed by atoms with van der Waals surface area (Å²) in [7, 11) is -4.08. The molecule has 0 aromatic heterocycles. The molecule has 0 spiro atoms. The molecule has 3 aromatic carbocycles. The van der Waals surface area contributed by atoms with Gasteiger partial charge in [0.2, 0.25) is 5.12 Å². The van der Waals surface area contributed by atoms with Crippen molar-refractivity contribution in [3.05, 3.63) is 65.7 Å². The van der Waals surface area contributed by atoms with Gasteiger partial charge in [0, 0.05) is 26.8 Å². The van der Waals surface area contributed by atoms with E-state index < -0.39 is 16.0 Å². The summed E-state index contributed by atoms with van der Waals surface area (Å²) in [6.07, 6.45) is 0. The molecule has 0 saturated carbocycles. The Labute approximate surface area is 152 Å². The van der Waals surface area contributed by atoms with E-state index in [4.69, 9.17) is 0 Å². The molecule has 1 heterocycles. The fourth-order valence-electron chi connectivity index (χ4n) is 2.94. The molecule has 0 aliphatic carbocycles. The van der Waals surface area contributed by atoms with Crippen molar-refractivity contribution in [3.63, 3.8) is 0 Å². The molecule has 0 atom stereocenters. The summed E-state index contributed by atoms with van der Waals surface area (Å²) in [4.78, 5) is 23.9. The van der Waals surface area contributed by atoms with Crippen LogP contribution in [0.5, 0.6) is 0 Å². The predicted molar refractivity (Wildman–Crippen MR) is 95.7 cm³/mol. The van der Waals surface area contributed by atoms with Crippen molar-refractivity contribution in [3.8, 4) is 0 Å². The van der Waals surface area contributed by atoms with Crippen molar-refractivity contribution in [2.75, 3.05) is 4.72 Å². The highest BCUT2D eigenvalue weighted by molar-refractivity contribution is 8.14. The van der Waals surface area contributed by atoms with Gasteiger partial charge in [-0.1, -0.05) is 30.3 Å². The molecular weight excluding hydrogens is 374 g/mol. The van der Waals surface area contributed by atoms with Gasteiger partial charge in [-0.15, -0.1) is 0 Å². The average molecular weight is 384 g/mol. The van der Waals surface area contributed by atoms with Crippen LogP contribution in [0.4, 0.5) is 5.69 Å². The highest BCUT2D eigenvalue weighted by Gasteiger charge is 2.27. The first kappa shape index (κ1) is 16.6. The van der Waals surface area contributed by atoms with Gasteiger partial charge in [0.25, 0.3) is 10.0 Å². The lowest BCUT2D eigenvalue weighted by Gasteiger charge is -2.14. The maximum atomic E-state index is 12.9. The number of aromatic carboxylic acids is 1. The molecule has 4 rings (SSSR count). The Balaban J connectivity index is 1.88. The van der Waals surface area contributed by atoms with Crippen LogP contribution in [0, 0.1) is 0 Å². The number of benzene rings is 3. The van der Waals surface area contributed by atoms with Crippen LogP contribution < -0.4 is 9.83 Å². The molecule has 0 fully saturated rings. The van der Waals surface area contributed by atoms with Gasteiger partial charge in [-0.25, -0.2) is 8.42 Å². The lowest BCUT2D eigenvalue weighted by Crippen LogP contribution is -2.25. The molecule has 1 aliphatic heterocycles. The number of para-hydroxylation sites is 1. The summed E-state index contributed by atoms with van der Waals surface area (Å²) in [6.45, 7) is 0. The van der Waals surface area contributed by atoms with E-state index in [2.05, 4.69) is 4.72 Å². The molecule has 1 aliphatic rings. The number of carboxylic acid groups (broad SMARTS) is 1. The fourth-order valence-corrected chi connectivity index (χ4v) is 5.16. The van der Waals surface area contributed by atoms with Gasteiger partial charge >= 0.3 is 0 Å². The van der Waals surface area contributed by atoms with E-state index in [1.807, 2.05) is 0 Å². The Hall–Kier alpha value is -2.84. The number of thioether (sulfide) groups is 1. The number of hydrogen-bond donors (Lipinski definition) is 1. The molecule has 3 aromatic rings. The minimum Gasteiger partial charge on any atom is -0.545 e. The van der Waals surface area contributed by atoms with E-state index in [-0.39, 0.29) is 21.3 Å². The van der Waals surface area contributed by atoms with Gasteiger partial charge in [-0.3, -0.25) is 9.52 Å². The van der Waals surface area contributed by atoms with Crippen LogP contribution in [0.15, 0.2) is 64.4 Å². The molecule has 0 saturated heterocycles. The Morgan fingerprint density at radius 1 is 1.00 bits per heavy atom. The molecule has 8 heteroatoms. The zero-order valence-electron chi connectivity index (χ0n) is 13.1. The largest absolute Gasteiger partial charge is 0.545 e. The first-order valence-electron chi connectivity index (χ1n) is 7.49. The molecule has 1 N–H and O–H groups in total. The monoisotopic (exact) mass is 384 g/mol. The second-order valence-corrected chi connectivity index (χ2v) is 8.28. The fraction of sp³-hybridized carbons (Fsp3) is 0. The first-order valence-corrected chi connectivity index (χ1v) is 9.79. The van der Waals surface area contributed by atoms with Crippen LogP contribution >= 0.6 is 11.8 Å². The SMILES string of the molecule is O=C([O-])c1ccccc1NS(=O)(=O)c1ccc2c3c(cccc13)C(=O)S2. The Bertz CT molecular complexity index is 1200. The average Bonchev–Trinajstić information content (AvgIpc) is 2.93. The van der Waals surface area contributed by atoms with Crippen molar-refractivity contribution in [2.24, 2.45) is 0 Å². The Morgan fingerprint density at radius 2 is 1.77 bits per heavy atom. The third-order valence-electron chi connectivity index (χ3n) is 4.07. The number of nitrogens with one attached hydrogen (secondary N) is 1. The molecule has 0 amide bonds. The van der Waals surface area contributed by atoms with Crippen LogP contribution in [-0.4, -0.2) is 19.5 Å². The molecular formula is C18H10NO5S2-. The van der Waals surface area contributed by atoms with Crippen molar-refractivity contribution < 1.29 is 23.1 Å². The van der Waals surface area contributed by atoms with Gasteiger partial charge < -0.3 is 9.90 Å². The van der Waals surface area contributed by atoms with E-state index in [1.165, 1.54) is 30.3 Å². The van der Waals surface area contributed by atoms with Gasteiger partial charge in [-0.05, 0) is 36.0 Å². The van der Waals surface area contributed by atoms with Crippen LogP contribution in [0.3, 0.4) is 0 Å². The third-order valence-corrected chi connectivity index (χ3v) is 6.45. The zero-order valence-corrected chi connectivity index (χ0v) is 14.7. The van der Waals surface area contributed by atoms with Crippen molar-refractivity contribution in [2.45, 2.75) is 9.79 Å². The number of hydrogen-bond acceptors (Lipinski definition) is 6. The highest BCUT2D eigenvalue weighted by atomic mass is 32.2. The lowest BCUT2D eigenvalue weighted by atomic mass is 10.1. The second kappa shape index (κ2) is 5.86. The molecule has 26 heavy (non-hydrogen) atoms. The van der Waals surface area contributed by atoms with Crippen LogP contribution in [0.2, 0.25) is 0 Å². The summed E-state index contributed by atoms with van der Waals surface area (Å²) in [6, 6.07) is 13.5. The number of carboxylic acids is 1. The summed E-state index contributed by atoms with van der Waals surface area (Å²) >= 11 is 1.06. The minimum absolute atomic E-state index is 0.0263. The number of sulfonamides is 1. The number of anilines is 1. The topological polar surface area (TPSA) is 103 Å². The summed E-state index contributed by atoms with van der Waals surface area (Å²) in [5.74, 6) is -1.48. The van der Waals surface area contributed by atoms with Gasteiger partial charge in [-0.2, -0.15) is 0 Å². The van der Waals surface area contributed by atoms with Crippen LogP contribution in [0.1, 0.15) is 20.7 Å². The van der Waals surface area contributed by atoms with Crippen LogP contribution in [0.25, 0.3) is 10.8 Å². The second-order valence-electron chi connectivity index (χ2n) is 5.62. The predicted octanol–water partition coefficient (Wildman–Crippen LogP) is 2.25. The molecule has 0 bridgehead atoms. The van der Waals surface area contributed by atoms with Crippen molar-refractivity contribution in [1.29, 1.82) is 0 Å². The molecule has 6 nitrogen and oxygen atoms in total. The van der Waals surface area contributed by atoms with Crippen molar-refractivity contribution >= 4 is 49.3 Å². The summed E-state index contributed by atoms with van der Waals surface area (Å²) in [5, 5.41) is 12.1. The highest BCUT2D eigenvalue weighted by Crippen LogP contribution is 2.42. The molecule has 0 radical (unpaired) electrons. The lowest BCUT2D eigenvalue weighted by molar-refractivity contribution is -0.254. The van der Waals surface area contributed by atoms with E-state index in [9.17, 15) is 23.1 Å². The maximum absolute atomic E-state index is 12.9. The van der Waals surface area contributed by atoms with Gasteiger partial charge in [0.15, 0.2) is 0 Å². The minimum atomic E-state index is -4.08. The molecule has 130 valence electrons. The van der Waals surface area contributed by atoms with Gasteiger partial charge in [0.1, 0.15) is 0 Å². The number of carbonyl (C=O) groups is 2.